The van der Waals surface area contributed by atoms with Gasteiger partial charge < -0.3 is 14.2 Å². The SMILES string of the molecule is Cc1cc(CC(=O)N2COCC2C)on1. The van der Waals surface area contributed by atoms with Gasteiger partial charge in [0.05, 0.1) is 24.8 Å². The monoisotopic (exact) mass is 210 g/mol. The number of hydrogen-bond donors (Lipinski definition) is 0. The minimum atomic E-state index is 0.0242. The van der Waals surface area contributed by atoms with Crippen molar-refractivity contribution in [3.8, 4) is 0 Å². The quantitative estimate of drug-likeness (QED) is 0.722. The van der Waals surface area contributed by atoms with Gasteiger partial charge in [-0.3, -0.25) is 4.79 Å². The van der Waals surface area contributed by atoms with E-state index in [4.69, 9.17) is 9.26 Å². The molecule has 0 saturated carbocycles. The molecule has 0 aliphatic carbocycles. The smallest absolute Gasteiger partial charge is 0.232 e. The molecule has 1 amide bonds. The van der Waals surface area contributed by atoms with Crippen LogP contribution in [0.1, 0.15) is 18.4 Å². The minimum Gasteiger partial charge on any atom is -0.361 e. The third-order valence-electron chi connectivity index (χ3n) is 2.44. The summed E-state index contributed by atoms with van der Waals surface area (Å²) < 4.78 is 10.2. The van der Waals surface area contributed by atoms with E-state index in [0.717, 1.165) is 5.69 Å². The summed E-state index contributed by atoms with van der Waals surface area (Å²) in [6.07, 6.45) is 0.258. The molecule has 2 rings (SSSR count). The van der Waals surface area contributed by atoms with Crippen molar-refractivity contribution in [2.75, 3.05) is 13.3 Å². The molecular formula is C10H14N2O3. The zero-order chi connectivity index (χ0) is 10.8. The zero-order valence-electron chi connectivity index (χ0n) is 8.90. The Morgan fingerprint density at radius 1 is 1.73 bits per heavy atom. The predicted molar refractivity (Wildman–Crippen MR) is 52.1 cm³/mol. The highest BCUT2D eigenvalue weighted by Gasteiger charge is 2.26. The Kier molecular flexibility index (Phi) is 2.73. The van der Waals surface area contributed by atoms with Crippen LogP contribution in [0.5, 0.6) is 0 Å². The number of ether oxygens (including phenoxy) is 1. The van der Waals surface area contributed by atoms with Crippen molar-refractivity contribution in [2.24, 2.45) is 0 Å². The number of carbonyl (C=O) groups is 1. The lowest BCUT2D eigenvalue weighted by Gasteiger charge is -2.17. The zero-order valence-corrected chi connectivity index (χ0v) is 8.90. The fraction of sp³-hybridized carbons (Fsp3) is 0.600. The van der Waals surface area contributed by atoms with Crippen LogP contribution in [0.25, 0.3) is 0 Å². The summed E-state index contributed by atoms with van der Waals surface area (Å²) in [5, 5.41) is 3.74. The van der Waals surface area contributed by atoms with Crippen LogP contribution in [0.2, 0.25) is 0 Å². The van der Waals surface area contributed by atoms with Crippen LogP contribution in [-0.4, -0.2) is 35.3 Å². The van der Waals surface area contributed by atoms with Crippen LogP contribution >= 0.6 is 0 Å². The van der Waals surface area contributed by atoms with E-state index in [2.05, 4.69) is 5.16 Å². The number of rotatable bonds is 2. The van der Waals surface area contributed by atoms with Gasteiger partial charge >= 0.3 is 0 Å². The molecule has 2 heterocycles. The molecule has 0 N–H and O–H groups in total. The minimum absolute atomic E-state index is 0.0242. The molecule has 5 heteroatoms. The summed E-state index contributed by atoms with van der Waals surface area (Å²) in [6, 6.07) is 1.93. The van der Waals surface area contributed by atoms with Gasteiger partial charge in [-0.2, -0.15) is 0 Å². The summed E-state index contributed by atoms with van der Waals surface area (Å²) in [5.41, 5.74) is 0.795. The van der Waals surface area contributed by atoms with Crippen LogP contribution < -0.4 is 0 Å². The molecule has 82 valence electrons. The Bertz CT molecular complexity index is 361. The third kappa shape index (κ3) is 2.18. The van der Waals surface area contributed by atoms with E-state index < -0.39 is 0 Å². The first-order chi connectivity index (χ1) is 7.16. The molecule has 1 aromatic heterocycles. The number of hydrogen-bond acceptors (Lipinski definition) is 4. The van der Waals surface area contributed by atoms with E-state index in [1.807, 2.05) is 13.8 Å². The first-order valence-electron chi connectivity index (χ1n) is 4.96. The summed E-state index contributed by atoms with van der Waals surface area (Å²) in [7, 11) is 0. The largest absolute Gasteiger partial charge is 0.361 e. The summed E-state index contributed by atoms with van der Waals surface area (Å²) >= 11 is 0. The summed E-state index contributed by atoms with van der Waals surface area (Å²) in [4.78, 5) is 13.5. The molecule has 1 aliphatic heterocycles. The lowest BCUT2D eigenvalue weighted by atomic mass is 10.2. The Balaban J connectivity index is 1.97. The Morgan fingerprint density at radius 2 is 2.53 bits per heavy atom. The van der Waals surface area contributed by atoms with E-state index in [1.54, 1.807) is 11.0 Å². The molecule has 0 aromatic carbocycles. The topological polar surface area (TPSA) is 55.6 Å². The first-order valence-corrected chi connectivity index (χ1v) is 4.96. The second kappa shape index (κ2) is 4.02. The average molecular weight is 210 g/mol. The molecule has 1 aromatic rings. The number of nitrogens with zero attached hydrogens (tertiary/aromatic N) is 2. The van der Waals surface area contributed by atoms with Gasteiger partial charge in [-0.25, -0.2) is 0 Å². The van der Waals surface area contributed by atoms with Crippen molar-refractivity contribution in [1.29, 1.82) is 0 Å². The fourth-order valence-electron chi connectivity index (χ4n) is 1.61. The Labute approximate surface area is 88.0 Å². The van der Waals surface area contributed by atoms with E-state index in [-0.39, 0.29) is 18.4 Å². The summed E-state index contributed by atoms with van der Waals surface area (Å²) in [5.74, 6) is 0.632. The van der Waals surface area contributed by atoms with Gasteiger partial charge in [0.15, 0.2) is 0 Å². The van der Waals surface area contributed by atoms with Crippen molar-refractivity contribution in [2.45, 2.75) is 26.3 Å². The van der Waals surface area contributed by atoms with E-state index in [1.165, 1.54) is 0 Å². The van der Waals surface area contributed by atoms with E-state index in [0.29, 0.717) is 19.1 Å². The molecule has 1 aliphatic rings. The van der Waals surface area contributed by atoms with Crippen LogP contribution in [0, 0.1) is 6.92 Å². The van der Waals surface area contributed by atoms with Gasteiger partial charge in [0.1, 0.15) is 12.5 Å². The second-order valence-corrected chi connectivity index (χ2v) is 3.82. The molecule has 0 bridgehead atoms. The van der Waals surface area contributed by atoms with Crippen molar-refractivity contribution in [3.05, 3.63) is 17.5 Å². The number of aryl methyl sites for hydroxylation is 1. The second-order valence-electron chi connectivity index (χ2n) is 3.82. The van der Waals surface area contributed by atoms with Gasteiger partial charge in [0.25, 0.3) is 0 Å². The highest BCUT2D eigenvalue weighted by Crippen LogP contribution is 2.12. The Morgan fingerprint density at radius 3 is 3.07 bits per heavy atom. The van der Waals surface area contributed by atoms with Gasteiger partial charge in [0, 0.05) is 6.07 Å². The fourth-order valence-corrected chi connectivity index (χ4v) is 1.61. The van der Waals surface area contributed by atoms with Crippen molar-refractivity contribution in [1.82, 2.24) is 10.1 Å². The standard InChI is InChI=1S/C10H14N2O3/c1-7-3-9(15-11-7)4-10(13)12-6-14-5-8(12)2/h3,8H,4-6H2,1-2H3. The lowest BCUT2D eigenvalue weighted by Crippen LogP contribution is -2.35. The number of carbonyl (C=O) groups excluding carboxylic acids is 1. The third-order valence-corrected chi connectivity index (χ3v) is 2.44. The lowest BCUT2D eigenvalue weighted by molar-refractivity contribution is -0.132. The van der Waals surface area contributed by atoms with Crippen molar-refractivity contribution >= 4 is 5.91 Å². The van der Waals surface area contributed by atoms with Gasteiger partial charge in [0.2, 0.25) is 5.91 Å². The molecule has 1 unspecified atom stereocenters. The van der Waals surface area contributed by atoms with E-state index >= 15 is 0 Å². The molecule has 1 atom stereocenters. The highest BCUT2D eigenvalue weighted by atomic mass is 16.5. The highest BCUT2D eigenvalue weighted by molar-refractivity contribution is 5.78. The van der Waals surface area contributed by atoms with E-state index in [9.17, 15) is 4.79 Å². The first kappa shape index (κ1) is 10.2. The van der Waals surface area contributed by atoms with Gasteiger partial charge in [-0.1, -0.05) is 5.16 Å². The van der Waals surface area contributed by atoms with Gasteiger partial charge in [-0.05, 0) is 13.8 Å². The van der Waals surface area contributed by atoms with Crippen LogP contribution in [-0.2, 0) is 16.0 Å². The van der Waals surface area contributed by atoms with Crippen molar-refractivity contribution in [3.63, 3.8) is 0 Å². The molecule has 1 saturated heterocycles. The maximum Gasteiger partial charge on any atom is 0.232 e. The molecule has 0 spiro atoms. The van der Waals surface area contributed by atoms with Gasteiger partial charge in [-0.15, -0.1) is 0 Å². The molecule has 5 nitrogen and oxygen atoms in total. The van der Waals surface area contributed by atoms with Crippen LogP contribution in [0.15, 0.2) is 10.6 Å². The normalized spacial score (nSPS) is 20.9. The summed E-state index contributed by atoms with van der Waals surface area (Å²) in [6.45, 7) is 4.80. The van der Waals surface area contributed by atoms with Crippen LogP contribution in [0.3, 0.4) is 0 Å². The Hall–Kier alpha value is -1.36. The number of amides is 1. The maximum atomic E-state index is 11.8. The molecular weight excluding hydrogens is 196 g/mol. The molecule has 1 fully saturated rings. The molecule has 0 radical (unpaired) electrons. The maximum absolute atomic E-state index is 11.8. The number of aromatic nitrogens is 1. The predicted octanol–water partition coefficient (Wildman–Crippen LogP) is 0.730. The average Bonchev–Trinajstić information content (AvgIpc) is 2.75. The molecule has 15 heavy (non-hydrogen) atoms. The van der Waals surface area contributed by atoms with Crippen LogP contribution in [0.4, 0.5) is 0 Å². The van der Waals surface area contributed by atoms with Crippen molar-refractivity contribution < 1.29 is 14.1 Å².